The van der Waals surface area contributed by atoms with Gasteiger partial charge in [0.05, 0.1) is 0 Å². The van der Waals surface area contributed by atoms with E-state index in [2.05, 4.69) is 10.3 Å². The molecule has 0 aliphatic rings. The molecular formula is C15H12F3N3O3. The number of hydrogen-bond acceptors (Lipinski definition) is 3. The zero-order valence-corrected chi connectivity index (χ0v) is 12.1. The maximum absolute atomic E-state index is 12.0. The molecule has 0 radical (unpaired) electrons. The molecule has 1 aromatic carbocycles. The maximum atomic E-state index is 12.0. The number of amides is 2. The minimum atomic E-state index is -4.49. The second-order valence-electron chi connectivity index (χ2n) is 4.74. The van der Waals surface area contributed by atoms with Gasteiger partial charge >= 0.3 is 6.18 Å². The fraction of sp³-hybridized carbons (Fsp3) is 0.133. The number of carbonyl (C=O) groups is 2. The van der Waals surface area contributed by atoms with Crippen LogP contribution in [0.1, 0.15) is 20.7 Å². The number of nitrogens with one attached hydrogen (secondary N) is 3. The Labute approximate surface area is 133 Å². The first-order chi connectivity index (χ1) is 11.3. The summed E-state index contributed by atoms with van der Waals surface area (Å²) in [5.74, 6) is -1.53. The number of rotatable bonds is 4. The van der Waals surface area contributed by atoms with Gasteiger partial charge in [-0.3, -0.25) is 14.4 Å². The number of hydrogen-bond donors (Lipinski definition) is 3. The number of alkyl halides is 3. The third-order valence-corrected chi connectivity index (χ3v) is 2.92. The van der Waals surface area contributed by atoms with E-state index in [1.165, 1.54) is 42.6 Å². The minimum absolute atomic E-state index is 0.00908. The molecule has 126 valence electrons. The first-order valence-corrected chi connectivity index (χ1v) is 6.70. The van der Waals surface area contributed by atoms with E-state index < -0.39 is 30.1 Å². The second-order valence-corrected chi connectivity index (χ2v) is 4.74. The molecule has 0 fully saturated rings. The molecule has 0 unspecified atom stereocenters. The van der Waals surface area contributed by atoms with Crippen molar-refractivity contribution in [2.75, 3.05) is 11.9 Å². The SMILES string of the molecule is O=C(NCC(F)(F)F)c1ccc(NC(=O)c2ccc[nH]c2=O)cc1. The minimum Gasteiger partial charge on any atom is -0.343 e. The highest BCUT2D eigenvalue weighted by atomic mass is 19.4. The number of halogens is 3. The predicted molar refractivity (Wildman–Crippen MR) is 79.8 cm³/mol. The van der Waals surface area contributed by atoms with Crippen LogP contribution in [0.4, 0.5) is 18.9 Å². The molecule has 2 rings (SSSR count). The van der Waals surface area contributed by atoms with Crippen molar-refractivity contribution in [1.82, 2.24) is 10.3 Å². The summed E-state index contributed by atoms with van der Waals surface area (Å²) >= 11 is 0. The predicted octanol–water partition coefficient (Wildman–Crippen LogP) is 1.92. The van der Waals surface area contributed by atoms with Crippen LogP contribution in [0.5, 0.6) is 0 Å². The Bertz CT molecular complexity index is 798. The Balaban J connectivity index is 2.02. The highest BCUT2D eigenvalue weighted by molar-refractivity contribution is 6.04. The van der Waals surface area contributed by atoms with Gasteiger partial charge in [-0.15, -0.1) is 0 Å². The van der Waals surface area contributed by atoms with E-state index in [9.17, 15) is 27.6 Å². The average Bonchev–Trinajstić information content (AvgIpc) is 2.53. The summed E-state index contributed by atoms with van der Waals surface area (Å²) in [5, 5.41) is 4.19. The zero-order valence-electron chi connectivity index (χ0n) is 12.1. The van der Waals surface area contributed by atoms with Crippen LogP contribution in [0.2, 0.25) is 0 Å². The lowest BCUT2D eigenvalue weighted by Gasteiger charge is -2.09. The van der Waals surface area contributed by atoms with Crippen LogP contribution in [0.3, 0.4) is 0 Å². The molecule has 3 N–H and O–H groups in total. The summed E-state index contributed by atoms with van der Waals surface area (Å²) < 4.78 is 36.1. The highest BCUT2D eigenvalue weighted by Gasteiger charge is 2.27. The Hall–Kier alpha value is -3.10. The van der Waals surface area contributed by atoms with E-state index in [1.807, 2.05) is 0 Å². The van der Waals surface area contributed by atoms with Crippen molar-refractivity contribution in [2.24, 2.45) is 0 Å². The number of benzene rings is 1. The number of H-pyrrole nitrogens is 1. The smallest absolute Gasteiger partial charge is 0.343 e. The lowest BCUT2D eigenvalue weighted by atomic mass is 10.2. The zero-order chi connectivity index (χ0) is 17.7. The van der Waals surface area contributed by atoms with Gasteiger partial charge < -0.3 is 15.6 Å². The fourth-order valence-corrected chi connectivity index (χ4v) is 1.79. The molecular weight excluding hydrogens is 327 g/mol. The Morgan fingerprint density at radius 2 is 1.71 bits per heavy atom. The maximum Gasteiger partial charge on any atom is 0.405 e. The largest absolute Gasteiger partial charge is 0.405 e. The van der Waals surface area contributed by atoms with E-state index in [0.717, 1.165) is 0 Å². The Morgan fingerprint density at radius 3 is 2.29 bits per heavy atom. The molecule has 0 spiro atoms. The van der Waals surface area contributed by atoms with E-state index in [-0.39, 0.29) is 16.8 Å². The molecule has 0 aliphatic heterocycles. The first-order valence-electron chi connectivity index (χ1n) is 6.70. The number of carbonyl (C=O) groups excluding carboxylic acids is 2. The van der Waals surface area contributed by atoms with Gasteiger partial charge in [-0.2, -0.15) is 13.2 Å². The molecule has 0 saturated heterocycles. The van der Waals surface area contributed by atoms with Gasteiger partial charge in [0, 0.05) is 17.4 Å². The van der Waals surface area contributed by atoms with Crippen LogP contribution in [0, 0.1) is 0 Å². The first kappa shape index (κ1) is 17.3. The van der Waals surface area contributed by atoms with Crippen LogP contribution in [-0.2, 0) is 0 Å². The summed E-state index contributed by atoms with van der Waals surface area (Å²) in [6.07, 6.45) is -3.11. The normalized spacial score (nSPS) is 11.0. The van der Waals surface area contributed by atoms with E-state index >= 15 is 0 Å². The quantitative estimate of drug-likeness (QED) is 0.795. The average molecular weight is 339 g/mol. The van der Waals surface area contributed by atoms with Crippen molar-refractivity contribution in [1.29, 1.82) is 0 Å². The topological polar surface area (TPSA) is 91.1 Å². The van der Waals surface area contributed by atoms with Gasteiger partial charge in [0.25, 0.3) is 17.4 Å². The number of aromatic nitrogens is 1. The molecule has 0 saturated carbocycles. The van der Waals surface area contributed by atoms with Gasteiger partial charge in [-0.25, -0.2) is 0 Å². The molecule has 1 heterocycles. The monoisotopic (exact) mass is 339 g/mol. The molecule has 6 nitrogen and oxygen atoms in total. The number of aromatic amines is 1. The third-order valence-electron chi connectivity index (χ3n) is 2.92. The van der Waals surface area contributed by atoms with Crippen LogP contribution < -0.4 is 16.2 Å². The molecule has 0 atom stereocenters. The second kappa shape index (κ2) is 6.99. The van der Waals surface area contributed by atoms with Gasteiger partial charge in [-0.1, -0.05) is 0 Å². The van der Waals surface area contributed by atoms with Crippen LogP contribution >= 0.6 is 0 Å². The van der Waals surface area contributed by atoms with E-state index in [1.54, 1.807) is 5.32 Å². The number of pyridine rings is 1. The van der Waals surface area contributed by atoms with Gasteiger partial charge in [-0.05, 0) is 36.4 Å². The van der Waals surface area contributed by atoms with Gasteiger partial charge in [0.1, 0.15) is 12.1 Å². The van der Waals surface area contributed by atoms with Crippen molar-refractivity contribution in [2.45, 2.75) is 6.18 Å². The van der Waals surface area contributed by atoms with E-state index in [4.69, 9.17) is 0 Å². The third kappa shape index (κ3) is 4.70. The van der Waals surface area contributed by atoms with Gasteiger partial charge in [0.15, 0.2) is 0 Å². The molecule has 0 aliphatic carbocycles. The summed E-state index contributed by atoms with van der Waals surface area (Å²) in [5.41, 5.74) is -0.354. The van der Waals surface area contributed by atoms with Crippen molar-refractivity contribution >= 4 is 17.5 Å². The van der Waals surface area contributed by atoms with Gasteiger partial charge in [0.2, 0.25) is 0 Å². The highest BCUT2D eigenvalue weighted by Crippen LogP contribution is 2.14. The van der Waals surface area contributed by atoms with Crippen molar-refractivity contribution in [3.05, 3.63) is 64.1 Å². The number of anilines is 1. The Morgan fingerprint density at radius 1 is 1.04 bits per heavy atom. The molecule has 24 heavy (non-hydrogen) atoms. The van der Waals surface area contributed by atoms with E-state index in [0.29, 0.717) is 0 Å². The molecule has 0 bridgehead atoms. The van der Waals surface area contributed by atoms with Crippen molar-refractivity contribution < 1.29 is 22.8 Å². The summed E-state index contributed by atoms with van der Waals surface area (Å²) in [4.78, 5) is 37.3. The van der Waals surface area contributed by atoms with Crippen LogP contribution in [0.15, 0.2) is 47.4 Å². The van der Waals surface area contributed by atoms with Crippen LogP contribution in [0.25, 0.3) is 0 Å². The molecule has 2 amide bonds. The standard InChI is InChI=1S/C15H12F3N3O3/c16-15(17,18)8-20-12(22)9-3-5-10(6-4-9)21-14(24)11-2-1-7-19-13(11)23/h1-7H,8H2,(H,19,23)(H,20,22)(H,21,24). The Kier molecular flexibility index (Phi) is 5.02. The molecule has 9 heteroatoms. The van der Waals surface area contributed by atoms with Crippen molar-refractivity contribution in [3.63, 3.8) is 0 Å². The summed E-state index contributed by atoms with van der Waals surface area (Å²) in [6, 6.07) is 8.04. The molecule has 1 aromatic heterocycles. The van der Waals surface area contributed by atoms with Crippen molar-refractivity contribution in [3.8, 4) is 0 Å². The summed E-state index contributed by atoms with van der Waals surface area (Å²) in [7, 11) is 0. The lowest BCUT2D eigenvalue weighted by molar-refractivity contribution is -0.123. The van der Waals surface area contributed by atoms with Crippen LogP contribution in [-0.4, -0.2) is 29.5 Å². The lowest BCUT2D eigenvalue weighted by Crippen LogP contribution is -2.33. The molecule has 2 aromatic rings. The fourth-order valence-electron chi connectivity index (χ4n) is 1.79. The summed E-state index contributed by atoms with van der Waals surface area (Å²) in [6.45, 7) is -1.43.